The summed E-state index contributed by atoms with van der Waals surface area (Å²) in [6, 6.07) is 8.93. The maximum absolute atomic E-state index is 4.36. The van der Waals surface area contributed by atoms with Gasteiger partial charge in [0, 0.05) is 39.0 Å². The molecule has 0 saturated heterocycles. The van der Waals surface area contributed by atoms with Gasteiger partial charge in [-0.15, -0.1) is 0 Å². The fraction of sp³-hybridized carbons (Fsp3) is 0.471. The van der Waals surface area contributed by atoms with Crippen LogP contribution in [0.15, 0.2) is 36.7 Å². The third-order valence-electron chi connectivity index (χ3n) is 4.33. The van der Waals surface area contributed by atoms with Crippen LogP contribution in [-0.4, -0.2) is 22.6 Å². The molecule has 1 N–H and O–H groups in total. The maximum Gasteiger partial charge on any atom is 0.109 e. The van der Waals surface area contributed by atoms with Crippen molar-refractivity contribution in [1.82, 2.24) is 14.9 Å². The van der Waals surface area contributed by atoms with Crippen molar-refractivity contribution >= 4 is 0 Å². The summed E-state index contributed by atoms with van der Waals surface area (Å²) in [6.07, 6.45) is 8.76. The molecule has 1 heterocycles. The van der Waals surface area contributed by atoms with Gasteiger partial charge >= 0.3 is 0 Å². The van der Waals surface area contributed by atoms with Crippen molar-refractivity contribution in [3.8, 4) is 0 Å². The van der Waals surface area contributed by atoms with Gasteiger partial charge in [0.05, 0.1) is 0 Å². The molecular weight excluding hydrogens is 246 g/mol. The van der Waals surface area contributed by atoms with Gasteiger partial charge < -0.3 is 9.88 Å². The van der Waals surface area contributed by atoms with Gasteiger partial charge in [-0.25, -0.2) is 4.98 Å². The van der Waals surface area contributed by atoms with E-state index in [0.717, 1.165) is 25.3 Å². The minimum Gasteiger partial charge on any atom is -0.338 e. The summed E-state index contributed by atoms with van der Waals surface area (Å²) >= 11 is 0. The molecule has 0 bridgehead atoms. The number of imidazole rings is 1. The topological polar surface area (TPSA) is 29.9 Å². The van der Waals surface area contributed by atoms with E-state index in [-0.39, 0.29) is 0 Å². The Morgan fingerprint density at radius 3 is 3.10 bits per heavy atom. The van der Waals surface area contributed by atoms with Crippen LogP contribution in [-0.2, 0) is 19.9 Å². The zero-order valence-corrected chi connectivity index (χ0v) is 12.2. The molecule has 3 heteroatoms. The second kappa shape index (κ2) is 6.23. The van der Waals surface area contributed by atoms with Crippen LogP contribution in [0.25, 0.3) is 0 Å². The fourth-order valence-electron chi connectivity index (χ4n) is 3.18. The number of nitrogens with zero attached hydrogens (tertiary/aromatic N) is 2. The summed E-state index contributed by atoms with van der Waals surface area (Å²) < 4.78 is 2.09. The molecule has 3 rings (SSSR count). The highest BCUT2D eigenvalue weighted by Crippen LogP contribution is 2.30. The highest BCUT2D eigenvalue weighted by molar-refractivity contribution is 5.32. The third kappa shape index (κ3) is 2.93. The predicted molar refractivity (Wildman–Crippen MR) is 81.9 cm³/mol. The Morgan fingerprint density at radius 2 is 2.25 bits per heavy atom. The zero-order chi connectivity index (χ0) is 13.8. The van der Waals surface area contributed by atoms with Gasteiger partial charge in [0.25, 0.3) is 0 Å². The van der Waals surface area contributed by atoms with Crippen LogP contribution in [0.1, 0.15) is 35.7 Å². The van der Waals surface area contributed by atoms with Crippen LogP contribution < -0.4 is 5.32 Å². The van der Waals surface area contributed by atoms with Crippen molar-refractivity contribution in [2.24, 2.45) is 7.05 Å². The highest BCUT2D eigenvalue weighted by atomic mass is 15.0. The quantitative estimate of drug-likeness (QED) is 0.846. The Hall–Kier alpha value is -1.61. The lowest BCUT2D eigenvalue weighted by atomic mass is 9.83. The maximum atomic E-state index is 4.36. The first-order valence-corrected chi connectivity index (χ1v) is 7.59. The number of rotatable bonds is 5. The normalized spacial score (nSPS) is 17.9. The van der Waals surface area contributed by atoms with Gasteiger partial charge in [-0.1, -0.05) is 24.3 Å². The van der Waals surface area contributed by atoms with Crippen molar-refractivity contribution in [1.29, 1.82) is 0 Å². The molecule has 2 aromatic rings. The zero-order valence-electron chi connectivity index (χ0n) is 12.2. The lowest BCUT2D eigenvalue weighted by Crippen LogP contribution is -2.26. The van der Waals surface area contributed by atoms with Crippen molar-refractivity contribution in [3.63, 3.8) is 0 Å². The standard InChI is InChI=1S/C17H23N3/c1-20-12-11-19-17(20)9-10-18-13-15-7-4-6-14-5-2-3-8-16(14)15/h2-3,5,8,11-12,15,18H,4,6-7,9-10,13H2,1H3. The van der Waals surface area contributed by atoms with E-state index in [4.69, 9.17) is 0 Å². The average molecular weight is 269 g/mol. The Kier molecular flexibility index (Phi) is 4.16. The molecule has 0 fully saturated rings. The molecule has 0 spiro atoms. The lowest BCUT2D eigenvalue weighted by molar-refractivity contribution is 0.506. The average Bonchev–Trinajstić information content (AvgIpc) is 2.89. The summed E-state index contributed by atoms with van der Waals surface area (Å²) in [5.74, 6) is 1.84. The molecule has 0 aliphatic heterocycles. The van der Waals surface area contributed by atoms with Crippen molar-refractivity contribution in [3.05, 3.63) is 53.6 Å². The molecule has 20 heavy (non-hydrogen) atoms. The van der Waals surface area contributed by atoms with Gasteiger partial charge in [-0.3, -0.25) is 0 Å². The summed E-state index contributed by atoms with van der Waals surface area (Å²) in [5.41, 5.74) is 3.11. The minimum atomic E-state index is 0.682. The molecule has 0 amide bonds. The molecule has 1 unspecified atom stereocenters. The predicted octanol–water partition coefficient (Wildman–Crippen LogP) is 2.67. The molecule has 0 radical (unpaired) electrons. The molecule has 1 aromatic heterocycles. The largest absolute Gasteiger partial charge is 0.338 e. The number of benzene rings is 1. The number of aromatic nitrogens is 2. The van der Waals surface area contributed by atoms with Gasteiger partial charge in [-0.05, 0) is 36.3 Å². The van der Waals surface area contributed by atoms with E-state index in [1.807, 2.05) is 12.4 Å². The second-order valence-electron chi connectivity index (χ2n) is 5.70. The van der Waals surface area contributed by atoms with Crippen molar-refractivity contribution in [2.75, 3.05) is 13.1 Å². The highest BCUT2D eigenvalue weighted by Gasteiger charge is 2.18. The first-order valence-electron chi connectivity index (χ1n) is 7.59. The molecule has 106 valence electrons. The van der Waals surface area contributed by atoms with E-state index >= 15 is 0 Å². The van der Waals surface area contributed by atoms with E-state index in [2.05, 4.69) is 46.2 Å². The first-order chi connectivity index (χ1) is 9.84. The number of nitrogens with one attached hydrogen (secondary N) is 1. The molecule has 1 atom stereocenters. The summed E-state index contributed by atoms with van der Waals surface area (Å²) in [5, 5.41) is 3.61. The summed E-state index contributed by atoms with van der Waals surface area (Å²) in [4.78, 5) is 4.36. The van der Waals surface area contributed by atoms with Crippen molar-refractivity contribution in [2.45, 2.75) is 31.6 Å². The van der Waals surface area contributed by atoms with E-state index in [1.54, 1.807) is 11.1 Å². The molecule has 0 saturated carbocycles. The van der Waals surface area contributed by atoms with Crippen LogP contribution in [0.3, 0.4) is 0 Å². The number of hydrogen-bond acceptors (Lipinski definition) is 2. The van der Waals surface area contributed by atoms with E-state index < -0.39 is 0 Å². The molecule has 1 aliphatic rings. The van der Waals surface area contributed by atoms with Crippen LogP contribution >= 0.6 is 0 Å². The minimum absolute atomic E-state index is 0.682. The van der Waals surface area contributed by atoms with E-state index in [9.17, 15) is 0 Å². The number of fused-ring (bicyclic) bond motifs is 1. The summed E-state index contributed by atoms with van der Waals surface area (Å²) in [7, 11) is 2.06. The molecular formula is C17H23N3. The monoisotopic (exact) mass is 269 g/mol. The smallest absolute Gasteiger partial charge is 0.109 e. The van der Waals surface area contributed by atoms with Gasteiger partial charge in [-0.2, -0.15) is 0 Å². The van der Waals surface area contributed by atoms with Gasteiger partial charge in [0.1, 0.15) is 5.82 Å². The summed E-state index contributed by atoms with van der Waals surface area (Å²) in [6.45, 7) is 2.09. The fourth-order valence-corrected chi connectivity index (χ4v) is 3.18. The van der Waals surface area contributed by atoms with Gasteiger partial charge in [0.15, 0.2) is 0 Å². The van der Waals surface area contributed by atoms with Crippen LogP contribution in [0.5, 0.6) is 0 Å². The number of hydrogen-bond donors (Lipinski definition) is 1. The van der Waals surface area contributed by atoms with Crippen LogP contribution in [0.2, 0.25) is 0 Å². The Bertz CT molecular complexity index is 559. The Labute approximate surface area is 121 Å². The van der Waals surface area contributed by atoms with E-state index in [1.165, 1.54) is 19.3 Å². The molecule has 3 nitrogen and oxygen atoms in total. The van der Waals surface area contributed by atoms with Crippen LogP contribution in [0.4, 0.5) is 0 Å². The molecule has 1 aliphatic carbocycles. The molecule has 1 aromatic carbocycles. The number of aryl methyl sites for hydroxylation is 2. The SMILES string of the molecule is Cn1ccnc1CCNCC1CCCc2ccccc21. The lowest BCUT2D eigenvalue weighted by Gasteiger charge is -2.25. The Morgan fingerprint density at radius 1 is 1.35 bits per heavy atom. The Balaban J connectivity index is 1.51. The second-order valence-corrected chi connectivity index (χ2v) is 5.70. The van der Waals surface area contributed by atoms with Crippen molar-refractivity contribution < 1.29 is 0 Å². The van der Waals surface area contributed by atoms with E-state index in [0.29, 0.717) is 5.92 Å². The first kappa shape index (κ1) is 13.4. The third-order valence-corrected chi connectivity index (χ3v) is 4.33. The van der Waals surface area contributed by atoms with Gasteiger partial charge in [0.2, 0.25) is 0 Å². The van der Waals surface area contributed by atoms with Crippen LogP contribution in [0, 0.1) is 0 Å².